The van der Waals surface area contributed by atoms with Gasteiger partial charge in [0.15, 0.2) is 5.82 Å². The second kappa shape index (κ2) is 13.7. The van der Waals surface area contributed by atoms with Gasteiger partial charge in [-0.1, -0.05) is 72.8 Å². The SMILES string of the molecule is CCOCCn1nnnc1C(NC(CCCc1ccccc1)c1ccccc1)c1cccc(N(C)C)c1. The van der Waals surface area contributed by atoms with Crippen molar-refractivity contribution in [2.24, 2.45) is 0 Å². The summed E-state index contributed by atoms with van der Waals surface area (Å²) in [6.07, 6.45) is 3.10. The van der Waals surface area contributed by atoms with E-state index in [-0.39, 0.29) is 12.1 Å². The first-order valence-corrected chi connectivity index (χ1v) is 13.1. The molecule has 1 aromatic heterocycles. The van der Waals surface area contributed by atoms with Gasteiger partial charge in [0.1, 0.15) is 0 Å². The molecule has 0 aliphatic carbocycles. The van der Waals surface area contributed by atoms with Crippen LogP contribution in [0.15, 0.2) is 84.9 Å². The number of benzene rings is 3. The van der Waals surface area contributed by atoms with Crippen molar-refractivity contribution >= 4 is 5.69 Å². The van der Waals surface area contributed by atoms with E-state index in [0.717, 1.165) is 36.3 Å². The van der Waals surface area contributed by atoms with Gasteiger partial charge < -0.3 is 9.64 Å². The average molecular weight is 499 g/mol. The summed E-state index contributed by atoms with van der Waals surface area (Å²) in [6, 6.07) is 29.9. The topological polar surface area (TPSA) is 68.1 Å². The monoisotopic (exact) mass is 498 g/mol. The fourth-order valence-electron chi connectivity index (χ4n) is 4.56. The number of ether oxygens (including phenoxy) is 1. The van der Waals surface area contributed by atoms with Crippen LogP contribution in [0.25, 0.3) is 0 Å². The lowest BCUT2D eigenvalue weighted by Crippen LogP contribution is -2.30. The summed E-state index contributed by atoms with van der Waals surface area (Å²) in [5, 5.41) is 16.8. The van der Waals surface area contributed by atoms with Crippen molar-refractivity contribution in [3.63, 3.8) is 0 Å². The minimum atomic E-state index is -0.182. The van der Waals surface area contributed by atoms with Crippen LogP contribution in [-0.4, -0.2) is 47.5 Å². The predicted octanol–water partition coefficient (Wildman–Crippen LogP) is 5.22. The molecule has 2 atom stereocenters. The van der Waals surface area contributed by atoms with Crippen LogP contribution in [0.1, 0.15) is 54.4 Å². The molecule has 0 saturated heterocycles. The number of anilines is 1. The number of aryl methyl sites for hydroxylation is 1. The van der Waals surface area contributed by atoms with Gasteiger partial charge in [-0.3, -0.25) is 5.32 Å². The van der Waals surface area contributed by atoms with E-state index >= 15 is 0 Å². The quantitative estimate of drug-likeness (QED) is 0.241. The molecule has 4 rings (SSSR count). The van der Waals surface area contributed by atoms with Crippen LogP contribution in [0, 0.1) is 0 Å². The maximum atomic E-state index is 5.60. The van der Waals surface area contributed by atoms with Gasteiger partial charge in [0, 0.05) is 32.4 Å². The molecule has 0 bridgehead atoms. The fraction of sp³-hybridized carbons (Fsp3) is 0.367. The Balaban J connectivity index is 1.64. The summed E-state index contributed by atoms with van der Waals surface area (Å²) in [7, 11) is 4.12. The Morgan fingerprint density at radius 2 is 1.65 bits per heavy atom. The molecule has 0 spiro atoms. The first-order valence-electron chi connectivity index (χ1n) is 13.1. The highest BCUT2D eigenvalue weighted by atomic mass is 16.5. The molecule has 0 aliphatic rings. The largest absolute Gasteiger partial charge is 0.380 e. The summed E-state index contributed by atoms with van der Waals surface area (Å²) < 4.78 is 7.46. The molecule has 0 fully saturated rings. The summed E-state index contributed by atoms with van der Waals surface area (Å²) in [5.41, 5.74) is 4.89. The molecule has 1 N–H and O–H groups in total. The van der Waals surface area contributed by atoms with E-state index in [0.29, 0.717) is 19.8 Å². The van der Waals surface area contributed by atoms with Gasteiger partial charge in [-0.2, -0.15) is 0 Å². The maximum Gasteiger partial charge on any atom is 0.172 e. The van der Waals surface area contributed by atoms with Crippen molar-refractivity contribution in [1.29, 1.82) is 0 Å². The zero-order valence-corrected chi connectivity index (χ0v) is 22.1. The number of hydrogen-bond donors (Lipinski definition) is 1. The van der Waals surface area contributed by atoms with Crippen molar-refractivity contribution in [2.75, 3.05) is 32.2 Å². The van der Waals surface area contributed by atoms with Gasteiger partial charge in [-0.05, 0) is 65.4 Å². The van der Waals surface area contributed by atoms with E-state index in [9.17, 15) is 0 Å². The number of tetrazole rings is 1. The number of nitrogens with zero attached hydrogens (tertiary/aromatic N) is 5. The van der Waals surface area contributed by atoms with E-state index in [1.165, 1.54) is 11.1 Å². The van der Waals surface area contributed by atoms with Gasteiger partial charge in [-0.15, -0.1) is 5.10 Å². The third-order valence-electron chi connectivity index (χ3n) is 6.56. The normalized spacial score (nSPS) is 12.8. The van der Waals surface area contributed by atoms with Crippen LogP contribution >= 0.6 is 0 Å². The Labute approximate surface area is 220 Å². The van der Waals surface area contributed by atoms with Crippen molar-refractivity contribution in [1.82, 2.24) is 25.5 Å². The zero-order valence-electron chi connectivity index (χ0n) is 22.1. The van der Waals surface area contributed by atoms with Crippen molar-refractivity contribution in [2.45, 2.75) is 44.8 Å². The van der Waals surface area contributed by atoms with Gasteiger partial charge in [0.05, 0.1) is 19.2 Å². The highest BCUT2D eigenvalue weighted by Crippen LogP contribution is 2.29. The lowest BCUT2D eigenvalue weighted by Gasteiger charge is -2.27. The number of rotatable bonds is 14. The number of aromatic nitrogens is 4. The number of nitrogens with one attached hydrogen (secondary N) is 1. The van der Waals surface area contributed by atoms with Crippen LogP contribution in [-0.2, 0) is 17.7 Å². The van der Waals surface area contributed by atoms with E-state index in [1.807, 2.05) is 11.6 Å². The molecule has 194 valence electrons. The molecule has 0 saturated carbocycles. The minimum Gasteiger partial charge on any atom is -0.380 e. The summed E-state index contributed by atoms with van der Waals surface area (Å²) in [6.45, 7) is 3.84. The first-order chi connectivity index (χ1) is 18.2. The van der Waals surface area contributed by atoms with Crippen molar-refractivity contribution in [3.05, 3.63) is 107 Å². The van der Waals surface area contributed by atoms with Crippen LogP contribution in [0.4, 0.5) is 5.69 Å². The highest BCUT2D eigenvalue weighted by Gasteiger charge is 2.25. The van der Waals surface area contributed by atoms with Crippen LogP contribution in [0.5, 0.6) is 0 Å². The molecule has 4 aromatic rings. The Morgan fingerprint density at radius 3 is 2.38 bits per heavy atom. The molecular weight excluding hydrogens is 460 g/mol. The average Bonchev–Trinajstić information content (AvgIpc) is 3.40. The van der Waals surface area contributed by atoms with Crippen LogP contribution in [0.3, 0.4) is 0 Å². The molecule has 7 nitrogen and oxygen atoms in total. The van der Waals surface area contributed by atoms with Crippen molar-refractivity contribution < 1.29 is 4.74 Å². The molecule has 2 unspecified atom stereocenters. The van der Waals surface area contributed by atoms with E-state index in [2.05, 4.69) is 125 Å². The predicted molar refractivity (Wildman–Crippen MR) is 149 cm³/mol. The molecule has 0 aliphatic heterocycles. The molecule has 3 aromatic carbocycles. The molecule has 37 heavy (non-hydrogen) atoms. The number of hydrogen-bond acceptors (Lipinski definition) is 6. The van der Waals surface area contributed by atoms with Gasteiger partial charge in [-0.25, -0.2) is 4.68 Å². The second-order valence-corrected chi connectivity index (χ2v) is 9.39. The lowest BCUT2D eigenvalue weighted by atomic mass is 9.96. The van der Waals surface area contributed by atoms with E-state index < -0.39 is 0 Å². The molecular formula is C30H38N6O. The Kier molecular flexibility index (Phi) is 9.80. The molecule has 0 radical (unpaired) electrons. The Morgan fingerprint density at radius 1 is 0.919 bits per heavy atom. The van der Waals surface area contributed by atoms with Crippen molar-refractivity contribution in [3.8, 4) is 0 Å². The first kappa shape index (κ1) is 26.5. The van der Waals surface area contributed by atoms with Gasteiger partial charge >= 0.3 is 0 Å². The molecule has 0 amide bonds. The third-order valence-corrected chi connectivity index (χ3v) is 6.56. The second-order valence-electron chi connectivity index (χ2n) is 9.39. The van der Waals surface area contributed by atoms with E-state index in [1.54, 1.807) is 0 Å². The summed E-state index contributed by atoms with van der Waals surface area (Å²) >= 11 is 0. The molecule has 7 heteroatoms. The lowest BCUT2D eigenvalue weighted by molar-refractivity contribution is 0.134. The Hall–Kier alpha value is -3.55. The van der Waals surface area contributed by atoms with E-state index in [4.69, 9.17) is 4.74 Å². The minimum absolute atomic E-state index is 0.134. The third kappa shape index (κ3) is 7.47. The van der Waals surface area contributed by atoms with Gasteiger partial charge in [0.25, 0.3) is 0 Å². The van der Waals surface area contributed by atoms with Gasteiger partial charge in [0.2, 0.25) is 0 Å². The summed E-state index contributed by atoms with van der Waals surface area (Å²) in [4.78, 5) is 2.12. The fourth-order valence-corrected chi connectivity index (χ4v) is 4.56. The molecule has 1 heterocycles. The smallest absolute Gasteiger partial charge is 0.172 e. The summed E-state index contributed by atoms with van der Waals surface area (Å²) in [5.74, 6) is 0.791. The maximum absolute atomic E-state index is 5.60. The Bertz CT molecular complexity index is 1190. The standard InChI is InChI=1S/C30H38N6O/c1-4-37-22-21-36-30(32-33-34-36)29(26-18-12-19-27(23-26)35(2)3)31-28(25-16-9-6-10-17-25)20-11-15-24-13-7-5-8-14-24/h5-10,12-14,16-19,23,28-29,31H,4,11,15,20-22H2,1-3H3. The zero-order chi connectivity index (χ0) is 25.9. The van der Waals surface area contributed by atoms with Crippen LogP contribution < -0.4 is 10.2 Å². The van der Waals surface area contributed by atoms with Crippen LogP contribution in [0.2, 0.25) is 0 Å². The highest BCUT2D eigenvalue weighted by molar-refractivity contribution is 5.48.